The Hall–Kier alpha value is -5.21. The summed E-state index contributed by atoms with van der Waals surface area (Å²) in [6, 6.07) is 51.4. The molecule has 6 aromatic carbocycles. The third-order valence-electron chi connectivity index (χ3n) is 8.21. The van der Waals surface area contributed by atoms with Crippen LogP contribution in [0.5, 0.6) is 11.5 Å². The topological polar surface area (TPSA) is 21.6 Å². The molecule has 0 unspecified atom stereocenters. The fraction of sp³-hybridized carbons (Fsp3) is 0.0263. The molecule has 0 radical (unpaired) electrons. The van der Waals surface area contributed by atoms with Crippen LogP contribution in [0.25, 0.3) is 22.3 Å². The SMILES string of the molecule is C(=Nc1ccc(-c2ccc3c(c2)Oc2ccccc2C32c3ccccc3-c3ccccc32)cc1)c1ccccc1. The second-order valence-corrected chi connectivity index (χ2v) is 10.4. The quantitative estimate of drug-likeness (QED) is 0.216. The van der Waals surface area contributed by atoms with Crippen LogP contribution in [0, 0.1) is 0 Å². The van der Waals surface area contributed by atoms with Crippen LogP contribution in [-0.2, 0) is 5.41 Å². The zero-order valence-corrected chi connectivity index (χ0v) is 21.8. The maximum atomic E-state index is 6.64. The Morgan fingerprint density at radius 1 is 0.475 bits per heavy atom. The summed E-state index contributed by atoms with van der Waals surface area (Å²) in [6.07, 6.45) is 1.90. The highest BCUT2D eigenvalue weighted by Crippen LogP contribution is 2.62. The molecule has 1 spiro atoms. The standard InChI is InChI=1S/C38H25NO/c1-2-10-26(11-3-1)25-39-29-21-18-27(19-22-29)28-20-23-35-37(24-28)40-36-17-9-8-16-34(36)38(35)32-14-6-4-12-30(32)31-13-5-7-15-33(31)38/h1-25H. The molecule has 0 saturated heterocycles. The lowest BCUT2D eigenvalue weighted by molar-refractivity contribution is 0.436. The van der Waals surface area contributed by atoms with E-state index in [2.05, 4.69) is 132 Å². The average Bonchev–Trinajstić information content (AvgIpc) is 3.32. The Balaban J connectivity index is 1.26. The molecule has 40 heavy (non-hydrogen) atoms. The maximum Gasteiger partial charge on any atom is 0.132 e. The Kier molecular flexibility index (Phi) is 5.08. The van der Waals surface area contributed by atoms with E-state index < -0.39 is 5.41 Å². The van der Waals surface area contributed by atoms with Crippen molar-refractivity contribution in [1.29, 1.82) is 0 Å². The highest BCUT2D eigenvalue weighted by molar-refractivity contribution is 5.89. The lowest BCUT2D eigenvalue weighted by Gasteiger charge is -2.39. The van der Waals surface area contributed by atoms with Crippen LogP contribution in [0.3, 0.4) is 0 Å². The fourth-order valence-electron chi connectivity index (χ4n) is 6.47. The van der Waals surface area contributed by atoms with E-state index in [0.717, 1.165) is 33.9 Å². The molecule has 2 nitrogen and oxygen atoms in total. The van der Waals surface area contributed by atoms with Crippen LogP contribution in [0.4, 0.5) is 5.69 Å². The average molecular weight is 512 g/mol. The Morgan fingerprint density at radius 2 is 1.05 bits per heavy atom. The summed E-state index contributed by atoms with van der Waals surface area (Å²) < 4.78 is 6.64. The van der Waals surface area contributed by atoms with E-state index in [9.17, 15) is 0 Å². The lowest BCUT2D eigenvalue weighted by atomic mass is 9.66. The van der Waals surface area contributed by atoms with Crippen molar-refractivity contribution in [1.82, 2.24) is 0 Å². The van der Waals surface area contributed by atoms with Gasteiger partial charge in [-0.15, -0.1) is 0 Å². The molecule has 188 valence electrons. The first-order chi connectivity index (χ1) is 19.8. The van der Waals surface area contributed by atoms with Crippen molar-refractivity contribution in [2.45, 2.75) is 5.41 Å². The Labute approximate surface area is 233 Å². The first-order valence-corrected chi connectivity index (χ1v) is 13.6. The predicted molar refractivity (Wildman–Crippen MR) is 163 cm³/mol. The minimum Gasteiger partial charge on any atom is -0.457 e. The van der Waals surface area contributed by atoms with Crippen LogP contribution in [-0.4, -0.2) is 6.21 Å². The van der Waals surface area contributed by atoms with Crippen molar-refractivity contribution in [2.24, 2.45) is 4.99 Å². The van der Waals surface area contributed by atoms with Crippen LogP contribution in [0.1, 0.15) is 27.8 Å². The van der Waals surface area contributed by atoms with Gasteiger partial charge in [0.15, 0.2) is 0 Å². The van der Waals surface area contributed by atoms with Crippen molar-refractivity contribution in [3.05, 3.63) is 173 Å². The molecule has 6 aromatic rings. The van der Waals surface area contributed by atoms with Gasteiger partial charge < -0.3 is 4.74 Å². The van der Waals surface area contributed by atoms with Crippen molar-refractivity contribution < 1.29 is 4.74 Å². The molecular formula is C38H25NO. The van der Waals surface area contributed by atoms with Gasteiger partial charge in [0, 0.05) is 17.3 Å². The van der Waals surface area contributed by atoms with Gasteiger partial charge in [0.05, 0.1) is 11.1 Å². The molecule has 1 heterocycles. The van der Waals surface area contributed by atoms with Gasteiger partial charge >= 0.3 is 0 Å². The van der Waals surface area contributed by atoms with E-state index in [4.69, 9.17) is 4.74 Å². The van der Waals surface area contributed by atoms with Crippen LogP contribution in [0.2, 0.25) is 0 Å². The first-order valence-electron chi connectivity index (χ1n) is 13.6. The molecule has 0 bridgehead atoms. The van der Waals surface area contributed by atoms with E-state index in [0.29, 0.717) is 0 Å². The molecule has 0 N–H and O–H groups in total. The largest absolute Gasteiger partial charge is 0.457 e. The third-order valence-corrected chi connectivity index (χ3v) is 8.21. The molecule has 1 aliphatic heterocycles. The van der Waals surface area contributed by atoms with Crippen molar-refractivity contribution in [3.63, 3.8) is 0 Å². The number of aliphatic imine (C=N–C) groups is 1. The molecule has 1 aliphatic carbocycles. The van der Waals surface area contributed by atoms with Crippen LogP contribution < -0.4 is 4.74 Å². The summed E-state index contributed by atoms with van der Waals surface area (Å²) in [5.74, 6) is 1.80. The molecule has 0 saturated carbocycles. The summed E-state index contributed by atoms with van der Waals surface area (Å²) in [6.45, 7) is 0. The number of fused-ring (bicyclic) bond motifs is 9. The first kappa shape index (κ1) is 22.7. The molecule has 2 aliphatic rings. The molecule has 2 heteroatoms. The normalized spacial score (nSPS) is 13.8. The minimum atomic E-state index is -0.425. The van der Waals surface area contributed by atoms with Gasteiger partial charge in [-0.1, -0.05) is 121 Å². The summed E-state index contributed by atoms with van der Waals surface area (Å²) in [4.78, 5) is 4.65. The molecule has 0 amide bonds. The van der Waals surface area contributed by atoms with Crippen molar-refractivity contribution in [3.8, 4) is 33.8 Å². The number of para-hydroxylation sites is 1. The van der Waals surface area contributed by atoms with E-state index in [1.54, 1.807) is 0 Å². The highest BCUT2D eigenvalue weighted by Gasteiger charge is 2.50. The van der Waals surface area contributed by atoms with Gasteiger partial charge in [-0.2, -0.15) is 0 Å². The predicted octanol–water partition coefficient (Wildman–Crippen LogP) is 9.57. The number of hydrogen-bond donors (Lipinski definition) is 0. The van der Waals surface area contributed by atoms with Gasteiger partial charge in [0.2, 0.25) is 0 Å². The zero-order valence-electron chi connectivity index (χ0n) is 21.8. The lowest BCUT2D eigenvalue weighted by Crippen LogP contribution is -2.32. The maximum absolute atomic E-state index is 6.64. The van der Waals surface area contributed by atoms with Gasteiger partial charge in [0.25, 0.3) is 0 Å². The number of rotatable bonds is 3. The molecule has 0 aromatic heterocycles. The summed E-state index contributed by atoms with van der Waals surface area (Å²) in [5, 5.41) is 0. The minimum absolute atomic E-state index is 0.425. The zero-order chi connectivity index (χ0) is 26.5. The monoisotopic (exact) mass is 511 g/mol. The summed E-state index contributed by atoms with van der Waals surface area (Å²) in [7, 11) is 0. The fourth-order valence-corrected chi connectivity index (χ4v) is 6.47. The number of hydrogen-bond acceptors (Lipinski definition) is 2. The van der Waals surface area contributed by atoms with Crippen molar-refractivity contribution in [2.75, 3.05) is 0 Å². The van der Waals surface area contributed by atoms with Gasteiger partial charge in [0.1, 0.15) is 11.5 Å². The summed E-state index contributed by atoms with van der Waals surface area (Å²) >= 11 is 0. The molecular weight excluding hydrogens is 486 g/mol. The number of benzene rings is 6. The van der Waals surface area contributed by atoms with E-state index >= 15 is 0 Å². The number of nitrogens with zero attached hydrogens (tertiary/aromatic N) is 1. The Bertz CT molecular complexity index is 1870. The van der Waals surface area contributed by atoms with Crippen molar-refractivity contribution >= 4 is 11.9 Å². The second kappa shape index (κ2) is 8.93. The number of ether oxygens (including phenoxy) is 1. The molecule has 8 rings (SSSR count). The van der Waals surface area contributed by atoms with E-state index in [-0.39, 0.29) is 0 Å². The third kappa shape index (κ3) is 3.33. The van der Waals surface area contributed by atoms with Gasteiger partial charge in [-0.25, -0.2) is 0 Å². The molecule has 0 atom stereocenters. The Morgan fingerprint density at radius 3 is 1.77 bits per heavy atom. The van der Waals surface area contributed by atoms with E-state index in [1.807, 2.05) is 24.4 Å². The van der Waals surface area contributed by atoms with Gasteiger partial charge in [-0.05, 0) is 63.2 Å². The molecule has 0 fully saturated rings. The van der Waals surface area contributed by atoms with E-state index in [1.165, 1.54) is 33.4 Å². The van der Waals surface area contributed by atoms with Crippen LogP contribution >= 0.6 is 0 Å². The van der Waals surface area contributed by atoms with Crippen LogP contribution in [0.15, 0.2) is 151 Å². The summed E-state index contributed by atoms with van der Waals surface area (Å²) in [5.41, 5.74) is 11.4. The smallest absolute Gasteiger partial charge is 0.132 e. The van der Waals surface area contributed by atoms with Gasteiger partial charge in [-0.3, -0.25) is 4.99 Å². The second-order valence-electron chi connectivity index (χ2n) is 10.4. The highest BCUT2D eigenvalue weighted by atomic mass is 16.5.